The van der Waals surface area contributed by atoms with Crippen molar-refractivity contribution in [1.29, 1.82) is 0 Å². The minimum Gasteiger partial charge on any atom is -0.481 e. The van der Waals surface area contributed by atoms with Crippen LogP contribution in [-0.4, -0.2) is 95.1 Å². The van der Waals surface area contributed by atoms with Crippen molar-refractivity contribution >= 4 is 47.4 Å². The molecule has 0 aliphatic rings. The molecule has 0 saturated carbocycles. The van der Waals surface area contributed by atoms with Gasteiger partial charge >= 0.3 is 11.9 Å². The van der Waals surface area contributed by atoms with E-state index < -0.39 is 60.2 Å². The number of thioether (sulfide) groups is 1. The Bertz CT molecular complexity index is 811. The highest BCUT2D eigenvalue weighted by Crippen LogP contribution is 2.07. The number of unbranched alkanes of at least 4 members (excludes halogenated alkanes) is 1. The minimum absolute atomic E-state index is 0.0108. The van der Waals surface area contributed by atoms with Crippen molar-refractivity contribution in [3.05, 3.63) is 0 Å². The molecule has 16 heteroatoms. The van der Waals surface area contributed by atoms with Crippen LogP contribution in [-0.2, 0) is 24.0 Å². The molecule has 15 nitrogen and oxygen atoms in total. The molecule has 0 aromatic carbocycles. The van der Waals surface area contributed by atoms with E-state index >= 15 is 0 Å². The zero-order chi connectivity index (χ0) is 29.1. The van der Waals surface area contributed by atoms with Gasteiger partial charge < -0.3 is 49.1 Å². The lowest BCUT2D eigenvalue weighted by molar-refractivity contribution is -0.143. The number of hydrogen-bond acceptors (Lipinski definition) is 9. The highest BCUT2D eigenvalue weighted by atomic mass is 32.2. The van der Waals surface area contributed by atoms with Gasteiger partial charge in [0.2, 0.25) is 17.7 Å². The van der Waals surface area contributed by atoms with Crippen LogP contribution in [0, 0.1) is 0 Å². The first-order chi connectivity index (χ1) is 17.9. The summed E-state index contributed by atoms with van der Waals surface area (Å²) >= 11 is 1.52. The molecule has 4 atom stereocenters. The van der Waals surface area contributed by atoms with Gasteiger partial charge in [0.25, 0.3) is 0 Å². The number of nitrogens with two attached hydrogens (primary N) is 4. The summed E-state index contributed by atoms with van der Waals surface area (Å²) in [5.74, 6) is -4.18. The van der Waals surface area contributed by atoms with Crippen LogP contribution in [0.1, 0.15) is 51.4 Å². The molecule has 4 unspecified atom stereocenters. The van der Waals surface area contributed by atoms with Crippen molar-refractivity contribution in [3.63, 3.8) is 0 Å². The van der Waals surface area contributed by atoms with Gasteiger partial charge in [0.05, 0.1) is 6.04 Å². The summed E-state index contributed by atoms with van der Waals surface area (Å²) in [4.78, 5) is 65.0. The highest BCUT2D eigenvalue weighted by Gasteiger charge is 2.30. The second-order valence-electron chi connectivity index (χ2n) is 8.58. The van der Waals surface area contributed by atoms with Gasteiger partial charge in [-0.15, -0.1) is 0 Å². The van der Waals surface area contributed by atoms with E-state index in [-0.39, 0.29) is 38.2 Å². The fourth-order valence-corrected chi connectivity index (χ4v) is 3.75. The smallest absolute Gasteiger partial charge is 0.326 e. The van der Waals surface area contributed by atoms with E-state index in [0.717, 1.165) is 0 Å². The molecule has 0 rings (SSSR count). The Morgan fingerprint density at radius 2 is 1.37 bits per heavy atom. The summed E-state index contributed by atoms with van der Waals surface area (Å²) in [5, 5.41) is 25.9. The van der Waals surface area contributed by atoms with Crippen LogP contribution in [0.25, 0.3) is 0 Å². The number of hydrogen-bond donors (Lipinski definition) is 9. The lowest BCUT2D eigenvalue weighted by Crippen LogP contribution is -2.57. The lowest BCUT2D eigenvalue weighted by Gasteiger charge is -2.25. The number of carbonyl (C=O) groups excluding carboxylic acids is 3. The van der Waals surface area contributed by atoms with Crippen LogP contribution in [0.2, 0.25) is 0 Å². The van der Waals surface area contributed by atoms with E-state index in [9.17, 15) is 29.1 Å². The standard InChI is InChI=1S/C22H42N8O7S/c1-38-12-9-13(24)18(33)28-14(5-2-3-10-23)19(34)29-15(7-8-17(31)32)20(35)30-16(21(36)37)6-4-11-27-22(25)26/h13-16H,2-12,23-24H2,1H3,(H,28,33)(H,29,34)(H,30,35)(H,31,32)(H,36,37)(H4,25,26,27). The van der Waals surface area contributed by atoms with Crippen LogP contribution in [0.5, 0.6) is 0 Å². The maximum absolute atomic E-state index is 13.1. The molecule has 0 bridgehead atoms. The number of aliphatic imine (C=N–C) groups is 1. The number of carbonyl (C=O) groups is 5. The molecule has 218 valence electrons. The van der Waals surface area contributed by atoms with Gasteiger partial charge in [-0.3, -0.25) is 24.2 Å². The van der Waals surface area contributed by atoms with E-state index in [1.165, 1.54) is 11.8 Å². The lowest BCUT2D eigenvalue weighted by atomic mass is 10.0. The number of nitrogens with zero attached hydrogens (tertiary/aromatic N) is 1. The van der Waals surface area contributed by atoms with E-state index in [1.54, 1.807) is 0 Å². The van der Waals surface area contributed by atoms with Crippen LogP contribution in [0.3, 0.4) is 0 Å². The maximum atomic E-state index is 13.1. The zero-order valence-corrected chi connectivity index (χ0v) is 22.5. The molecular weight excluding hydrogens is 520 g/mol. The van der Waals surface area contributed by atoms with Gasteiger partial charge in [-0.1, -0.05) is 0 Å². The summed E-state index contributed by atoms with van der Waals surface area (Å²) in [6.07, 6.45) is 3.02. The molecule has 0 aliphatic carbocycles. The molecule has 0 spiro atoms. The molecule has 0 fully saturated rings. The first-order valence-electron chi connectivity index (χ1n) is 12.3. The Balaban J connectivity index is 5.53. The molecule has 0 heterocycles. The van der Waals surface area contributed by atoms with Crippen LogP contribution in [0.15, 0.2) is 4.99 Å². The summed E-state index contributed by atoms with van der Waals surface area (Å²) in [5.41, 5.74) is 21.9. The van der Waals surface area contributed by atoms with Crippen LogP contribution >= 0.6 is 11.8 Å². The van der Waals surface area contributed by atoms with E-state index in [1.807, 2.05) is 6.26 Å². The van der Waals surface area contributed by atoms with E-state index in [0.29, 0.717) is 31.6 Å². The minimum atomic E-state index is -1.36. The predicted octanol–water partition coefficient (Wildman–Crippen LogP) is -2.35. The number of carboxylic acid groups (broad SMARTS) is 2. The molecule has 0 aromatic heterocycles. The van der Waals surface area contributed by atoms with Gasteiger partial charge in [0, 0.05) is 13.0 Å². The van der Waals surface area contributed by atoms with Gasteiger partial charge in [0.15, 0.2) is 5.96 Å². The molecular formula is C22H42N8O7S. The van der Waals surface area contributed by atoms with Gasteiger partial charge in [0.1, 0.15) is 18.1 Å². The number of amides is 3. The largest absolute Gasteiger partial charge is 0.481 e. The van der Waals surface area contributed by atoms with Crippen LogP contribution < -0.4 is 38.9 Å². The number of carboxylic acids is 2. The highest BCUT2D eigenvalue weighted by molar-refractivity contribution is 7.98. The molecule has 38 heavy (non-hydrogen) atoms. The zero-order valence-electron chi connectivity index (χ0n) is 21.7. The predicted molar refractivity (Wildman–Crippen MR) is 144 cm³/mol. The first kappa shape index (κ1) is 34.9. The Hall–Kier alpha value is -3.11. The Labute approximate surface area is 226 Å². The van der Waals surface area contributed by atoms with E-state index in [2.05, 4.69) is 20.9 Å². The molecule has 0 saturated heterocycles. The van der Waals surface area contributed by atoms with Crippen molar-refractivity contribution in [3.8, 4) is 0 Å². The molecule has 13 N–H and O–H groups in total. The van der Waals surface area contributed by atoms with Gasteiger partial charge in [-0.05, 0) is 63.5 Å². The van der Waals surface area contributed by atoms with Gasteiger partial charge in [-0.25, -0.2) is 4.79 Å². The van der Waals surface area contributed by atoms with Crippen molar-refractivity contribution in [2.45, 2.75) is 75.5 Å². The normalized spacial score (nSPS) is 13.9. The number of guanidine groups is 1. The van der Waals surface area contributed by atoms with E-state index in [4.69, 9.17) is 28.0 Å². The third kappa shape index (κ3) is 15.9. The Kier molecular flexibility index (Phi) is 18.3. The third-order valence-electron chi connectivity index (χ3n) is 5.39. The SMILES string of the molecule is CSCCC(N)C(=O)NC(CCCCN)C(=O)NC(CCC(=O)O)C(=O)NC(CCCN=C(N)N)C(=O)O. The van der Waals surface area contributed by atoms with Crippen molar-refractivity contribution in [2.75, 3.05) is 25.1 Å². The second kappa shape index (κ2) is 19.9. The van der Waals surface area contributed by atoms with Crippen molar-refractivity contribution in [2.24, 2.45) is 27.9 Å². The average molecular weight is 563 g/mol. The van der Waals surface area contributed by atoms with Crippen molar-refractivity contribution in [1.82, 2.24) is 16.0 Å². The number of rotatable bonds is 21. The summed E-state index contributed by atoms with van der Waals surface area (Å²) in [6.45, 7) is 0.517. The molecule has 0 radical (unpaired) electrons. The fourth-order valence-electron chi connectivity index (χ4n) is 3.26. The first-order valence-corrected chi connectivity index (χ1v) is 13.7. The molecule has 0 aromatic rings. The molecule has 3 amide bonds. The average Bonchev–Trinajstić information content (AvgIpc) is 2.85. The summed E-state index contributed by atoms with van der Waals surface area (Å²) in [6, 6.07) is -4.58. The topological polar surface area (TPSA) is 278 Å². The Morgan fingerprint density at radius 3 is 1.89 bits per heavy atom. The van der Waals surface area contributed by atoms with Gasteiger partial charge in [-0.2, -0.15) is 11.8 Å². The summed E-state index contributed by atoms with van der Waals surface area (Å²) < 4.78 is 0. The maximum Gasteiger partial charge on any atom is 0.326 e. The fraction of sp³-hybridized carbons (Fsp3) is 0.727. The monoisotopic (exact) mass is 562 g/mol. The number of nitrogens with one attached hydrogen (secondary N) is 3. The Morgan fingerprint density at radius 1 is 0.816 bits per heavy atom. The number of aliphatic carboxylic acids is 2. The van der Waals surface area contributed by atoms with Crippen LogP contribution in [0.4, 0.5) is 0 Å². The summed E-state index contributed by atoms with van der Waals surface area (Å²) in [7, 11) is 0. The second-order valence-corrected chi connectivity index (χ2v) is 9.56. The third-order valence-corrected chi connectivity index (χ3v) is 6.03. The quantitative estimate of drug-likeness (QED) is 0.0404. The van der Waals surface area contributed by atoms with Crippen molar-refractivity contribution < 1.29 is 34.2 Å². The molecule has 0 aliphatic heterocycles.